The summed E-state index contributed by atoms with van der Waals surface area (Å²) in [6, 6.07) is 7.24. The molecule has 0 amide bonds. The minimum Gasteiger partial charge on any atom is -0.387 e. The highest BCUT2D eigenvalue weighted by Crippen LogP contribution is 2.73. The lowest BCUT2D eigenvalue weighted by atomic mass is 9.39. The SMILES string of the molecule is COC[C@]1(O)CC[C@H]2[C@@H]3CC=C4CC5(CC[C@@]46Cc4cc(C7(C)CC(C)(C)COO7)ccc4[C@@H](C[C@@]21C)[C@@H]36)CC(C)(C)COO5. The van der Waals surface area contributed by atoms with Crippen molar-refractivity contribution in [2.75, 3.05) is 26.9 Å². The first-order valence-corrected chi connectivity index (χ1v) is 17.8. The molecule has 9 atom stereocenters. The maximum absolute atomic E-state index is 12.2. The summed E-state index contributed by atoms with van der Waals surface area (Å²) in [6.45, 7) is 15.5. The molecule has 1 aromatic carbocycles. The Kier molecular flexibility index (Phi) is 6.81. The molecule has 0 radical (unpaired) electrons. The summed E-state index contributed by atoms with van der Waals surface area (Å²) in [5.41, 5.74) is 4.42. The average Bonchev–Trinajstić information content (AvgIpc) is 3.21. The predicted molar refractivity (Wildman–Crippen MR) is 172 cm³/mol. The number of hydrogen-bond donors (Lipinski definition) is 1. The van der Waals surface area contributed by atoms with Gasteiger partial charge >= 0.3 is 0 Å². The lowest BCUT2D eigenvalue weighted by molar-refractivity contribution is -0.409. The van der Waals surface area contributed by atoms with E-state index in [0.29, 0.717) is 43.5 Å². The van der Waals surface area contributed by atoms with Crippen molar-refractivity contribution in [1.82, 2.24) is 0 Å². The van der Waals surface area contributed by atoms with Crippen LogP contribution in [-0.4, -0.2) is 43.2 Å². The first kappa shape index (κ1) is 31.0. The van der Waals surface area contributed by atoms with E-state index < -0.39 is 11.2 Å². The first-order valence-electron chi connectivity index (χ1n) is 17.8. The summed E-state index contributed by atoms with van der Waals surface area (Å²) in [4.78, 5) is 24.0. The van der Waals surface area contributed by atoms with Crippen LogP contribution in [0.2, 0.25) is 0 Å². The highest BCUT2D eigenvalue weighted by atomic mass is 17.2. The van der Waals surface area contributed by atoms with Gasteiger partial charge in [-0.25, -0.2) is 19.6 Å². The Morgan fingerprint density at radius 3 is 2.40 bits per heavy atom. The van der Waals surface area contributed by atoms with E-state index in [1.165, 1.54) is 16.7 Å². The molecule has 2 spiro atoms. The summed E-state index contributed by atoms with van der Waals surface area (Å²) in [5.74, 6) is 2.06. The van der Waals surface area contributed by atoms with Crippen molar-refractivity contribution in [3.63, 3.8) is 0 Å². The van der Waals surface area contributed by atoms with Crippen molar-refractivity contribution < 1.29 is 29.4 Å². The lowest BCUT2D eigenvalue weighted by Crippen LogP contribution is -2.61. The zero-order valence-corrected chi connectivity index (χ0v) is 28.8. The zero-order valence-electron chi connectivity index (χ0n) is 28.8. The molecule has 8 rings (SSSR count). The maximum Gasteiger partial charge on any atom is 0.126 e. The molecular weight excluding hydrogens is 564 g/mol. The molecule has 1 aromatic rings. The Morgan fingerprint density at radius 2 is 1.67 bits per heavy atom. The van der Waals surface area contributed by atoms with E-state index in [4.69, 9.17) is 24.3 Å². The summed E-state index contributed by atoms with van der Waals surface area (Å²) in [5, 5.41) is 12.2. The van der Waals surface area contributed by atoms with E-state index >= 15 is 0 Å². The molecule has 2 heterocycles. The van der Waals surface area contributed by atoms with Crippen LogP contribution < -0.4 is 0 Å². The number of benzene rings is 1. The molecule has 45 heavy (non-hydrogen) atoms. The van der Waals surface area contributed by atoms with Crippen molar-refractivity contribution in [2.45, 2.75) is 128 Å². The number of allylic oxidation sites excluding steroid dienone is 1. The van der Waals surface area contributed by atoms with Crippen molar-refractivity contribution in [3.8, 4) is 0 Å². The Hall–Kier alpha value is -1.28. The van der Waals surface area contributed by atoms with Crippen molar-refractivity contribution in [3.05, 3.63) is 46.5 Å². The molecule has 248 valence electrons. The van der Waals surface area contributed by atoms with Crippen LogP contribution in [0, 0.1) is 39.4 Å². The summed E-state index contributed by atoms with van der Waals surface area (Å²) in [6.07, 6.45) is 12.9. The molecule has 2 saturated heterocycles. The van der Waals surface area contributed by atoms with Gasteiger partial charge in [-0.15, -0.1) is 0 Å². The molecule has 5 fully saturated rings. The Balaban J connectivity index is 1.24. The fraction of sp³-hybridized carbons (Fsp3) is 0.795. The molecule has 6 nitrogen and oxygen atoms in total. The lowest BCUT2D eigenvalue weighted by Gasteiger charge is -2.66. The highest BCUT2D eigenvalue weighted by molar-refractivity contribution is 5.46. The van der Waals surface area contributed by atoms with Crippen LogP contribution in [0.15, 0.2) is 29.8 Å². The van der Waals surface area contributed by atoms with Gasteiger partial charge in [0.15, 0.2) is 0 Å². The second-order valence-corrected chi connectivity index (χ2v) is 18.7. The van der Waals surface area contributed by atoms with Crippen molar-refractivity contribution in [1.29, 1.82) is 0 Å². The molecule has 2 aliphatic heterocycles. The molecule has 7 aliphatic rings. The molecular formula is C39H56O6. The van der Waals surface area contributed by atoms with Gasteiger partial charge in [0.05, 0.1) is 25.4 Å². The fourth-order valence-corrected chi connectivity index (χ4v) is 12.6. The van der Waals surface area contributed by atoms with E-state index in [9.17, 15) is 5.11 Å². The van der Waals surface area contributed by atoms with Gasteiger partial charge in [-0.3, -0.25) is 0 Å². The third-order valence-electron chi connectivity index (χ3n) is 14.3. The van der Waals surface area contributed by atoms with Gasteiger partial charge < -0.3 is 9.84 Å². The van der Waals surface area contributed by atoms with E-state index in [-0.39, 0.29) is 27.3 Å². The number of aliphatic hydroxyl groups is 1. The topological polar surface area (TPSA) is 66.4 Å². The monoisotopic (exact) mass is 620 g/mol. The minimum absolute atomic E-state index is 0.0496. The van der Waals surface area contributed by atoms with Gasteiger partial charge in [0.1, 0.15) is 11.2 Å². The normalized spacial score (nSPS) is 47.7. The van der Waals surface area contributed by atoms with Crippen LogP contribution in [0.4, 0.5) is 0 Å². The maximum atomic E-state index is 12.2. The van der Waals surface area contributed by atoms with E-state index in [1.807, 2.05) is 0 Å². The Bertz CT molecular complexity index is 1400. The first-order chi connectivity index (χ1) is 21.2. The number of ether oxygens (including phenoxy) is 1. The number of hydrogen-bond acceptors (Lipinski definition) is 6. The largest absolute Gasteiger partial charge is 0.387 e. The van der Waals surface area contributed by atoms with Gasteiger partial charge in [0.2, 0.25) is 0 Å². The standard InChI is InChI=1S/C39H56O6/c1-33(2)20-36(6,44-42-22-33)26-8-10-28-25(16-26)17-38-15-14-37(21-34(3,4)23-43-45-37)18-27(38)9-11-29-31-12-13-39(40,24-41-7)35(31,5)19-30(28)32(29)38/h8-10,16,29-32,40H,11-15,17-24H2,1-7H3/t29-,30+,31-,32+,35-,36?,37?,38+,39+/m0/s1. The van der Waals surface area contributed by atoms with Crippen LogP contribution in [0.25, 0.3) is 0 Å². The van der Waals surface area contributed by atoms with Crippen LogP contribution in [0.3, 0.4) is 0 Å². The van der Waals surface area contributed by atoms with E-state index in [2.05, 4.69) is 65.8 Å². The van der Waals surface area contributed by atoms with E-state index in [1.54, 1.807) is 12.7 Å². The molecule has 3 saturated carbocycles. The average molecular weight is 621 g/mol. The smallest absolute Gasteiger partial charge is 0.126 e. The van der Waals surface area contributed by atoms with Crippen molar-refractivity contribution >= 4 is 0 Å². The van der Waals surface area contributed by atoms with Crippen molar-refractivity contribution in [2.24, 2.45) is 39.4 Å². The van der Waals surface area contributed by atoms with Crippen LogP contribution in [0.1, 0.15) is 122 Å². The molecule has 2 unspecified atom stereocenters. The predicted octanol–water partition coefficient (Wildman–Crippen LogP) is 7.97. The van der Waals surface area contributed by atoms with Gasteiger partial charge in [-0.1, -0.05) is 64.5 Å². The third-order valence-corrected chi connectivity index (χ3v) is 14.3. The molecule has 0 bridgehead atoms. The minimum atomic E-state index is -0.784. The van der Waals surface area contributed by atoms with Gasteiger partial charge in [0.25, 0.3) is 0 Å². The van der Waals surface area contributed by atoms with Crippen LogP contribution in [-0.2, 0) is 36.3 Å². The quantitative estimate of drug-likeness (QED) is 0.273. The Morgan fingerprint density at radius 1 is 0.911 bits per heavy atom. The van der Waals surface area contributed by atoms with Gasteiger partial charge in [0, 0.05) is 18.9 Å². The second kappa shape index (κ2) is 9.89. The summed E-state index contributed by atoms with van der Waals surface area (Å²) in [7, 11) is 1.75. The zero-order chi connectivity index (χ0) is 31.7. The highest BCUT2D eigenvalue weighted by Gasteiger charge is 2.69. The van der Waals surface area contributed by atoms with E-state index in [0.717, 1.165) is 64.2 Å². The molecule has 5 aliphatic carbocycles. The molecule has 0 aromatic heterocycles. The number of methoxy groups -OCH3 is 1. The Labute approximate surface area is 270 Å². The summed E-state index contributed by atoms with van der Waals surface area (Å²) >= 11 is 0. The van der Waals surface area contributed by atoms with Gasteiger partial charge in [-0.05, 0) is 121 Å². The summed E-state index contributed by atoms with van der Waals surface area (Å²) < 4.78 is 5.71. The van der Waals surface area contributed by atoms with Gasteiger partial charge in [-0.2, -0.15) is 0 Å². The number of rotatable bonds is 3. The molecule has 1 N–H and O–H groups in total. The number of fused-ring (bicyclic) bond motifs is 4. The fourth-order valence-electron chi connectivity index (χ4n) is 12.6. The van der Waals surface area contributed by atoms with Crippen LogP contribution in [0.5, 0.6) is 0 Å². The molecule has 6 heteroatoms. The van der Waals surface area contributed by atoms with Crippen LogP contribution >= 0.6 is 0 Å². The second-order valence-electron chi connectivity index (χ2n) is 18.7. The third kappa shape index (κ3) is 4.48.